The molecule has 20 heavy (non-hydrogen) atoms. The Morgan fingerprint density at radius 1 is 1.35 bits per heavy atom. The van der Waals surface area contributed by atoms with Crippen molar-refractivity contribution in [2.24, 2.45) is 0 Å². The molecule has 0 unspecified atom stereocenters. The summed E-state index contributed by atoms with van der Waals surface area (Å²) < 4.78 is 0. The number of aromatic nitrogens is 3. The van der Waals surface area contributed by atoms with Gasteiger partial charge in [0.1, 0.15) is 11.6 Å². The van der Waals surface area contributed by atoms with Gasteiger partial charge in [-0.25, -0.2) is 4.98 Å². The lowest BCUT2D eigenvalue weighted by Crippen LogP contribution is -2.25. The Labute approximate surface area is 118 Å². The van der Waals surface area contributed by atoms with E-state index in [-0.39, 0.29) is 11.5 Å². The van der Waals surface area contributed by atoms with Gasteiger partial charge < -0.3 is 9.88 Å². The van der Waals surface area contributed by atoms with Crippen LogP contribution in [-0.4, -0.2) is 28.5 Å². The fourth-order valence-electron chi connectivity index (χ4n) is 1.87. The van der Waals surface area contributed by atoms with Gasteiger partial charge in [0.25, 0.3) is 5.56 Å². The van der Waals surface area contributed by atoms with Crippen molar-refractivity contribution >= 4 is 5.82 Å². The average Bonchev–Trinajstić information content (AvgIpc) is 2.45. The van der Waals surface area contributed by atoms with Gasteiger partial charge in [-0.05, 0) is 12.1 Å². The summed E-state index contributed by atoms with van der Waals surface area (Å²) >= 11 is 0. The zero-order chi connectivity index (χ0) is 14.5. The number of H-pyrrole nitrogens is 1. The van der Waals surface area contributed by atoms with Gasteiger partial charge in [0.15, 0.2) is 0 Å². The van der Waals surface area contributed by atoms with E-state index in [9.17, 15) is 4.79 Å². The number of aromatic amines is 1. The predicted molar refractivity (Wildman–Crippen MR) is 80.2 cm³/mol. The highest BCUT2D eigenvalue weighted by atomic mass is 16.1. The second kappa shape index (κ2) is 6.32. The van der Waals surface area contributed by atoms with Crippen LogP contribution in [0.25, 0.3) is 0 Å². The summed E-state index contributed by atoms with van der Waals surface area (Å²) in [7, 11) is 1.94. The van der Waals surface area contributed by atoms with Crippen molar-refractivity contribution in [2.45, 2.75) is 26.2 Å². The van der Waals surface area contributed by atoms with Crippen LogP contribution >= 0.6 is 0 Å². The fraction of sp³-hybridized carbons (Fsp3) is 0.400. The van der Waals surface area contributed by atoms with Gasteiger partial charge >= 0.3 is 0 Å². The van der Waals surface area contributed by atoms with Gasteiger partial charge in [-0.15, -0.1) is 0 Å². The lowest BCUT2D eigenvalue weighted by Gasteiger charge is -2.18. The highest BCUT2D eigenvalue weighted by Gasteiger charge is 2.09. The van der Waals surface area contributed by atoms with Crippen LogP contribution in [0.2, 0.25) is 0 Å². The molecule has 0 aliphatic heterocycles. The Balaban J connectivity index is 2.09. The molecule has 0 aliphatic carbocycles. The molecule has 0 aromatic carbocycles. The van der Waals surface area contributed by atoms with Gasteiger partial charge in [-0.3, -0.25) is 9.78 Å². The van der Waals surface area contributed by atoms with E-state index in [1.54, 1.807) is 6.20 Å². The molecular weight excluding hydrogens is 252 g/mol. The molecule has 106 valence electrons. The van der Waals surface area contributed by atoms with E-state index in [1.807, 2.05) is 44.0 Å². The lowest BCUT2D eigenvalue weighted by atomic mass is 10.2. The average molecular weight is 272 g/mol. The third kappa shape index (κ3) is 3.66. The molecule has 2 heterocycles. The van der Waals surface area contributed by atoms with Crippen LogP contribution in [0.3, 0.4) is 0 Å². The summed E-state index contributed by atoms with van der Waals surface area (Å²) in [5.41, 5.74) is 0.927. The van der Waals surface area contributed by atoms with Crippen molar-refractivity contribution < 1.29 is 0 Å². The summed E-state index contributed by atoms with van der Waals surface area (Å²) in [4.78, 5) is 25.2. The fourth-order valence-corrected chi connectivity index (χ4v) is 1.87. The minimum absolute atomic E-state index is 0.108. The Morgan fingerprint density at radius 3 is 2.80 bits per heavy atom. The van der Waals surface area contributed by atoms with Gasteiger partial charge in [-0.1, -0.05) is 19.9 Å². The molecule has 0 bridgehead atoms. The molecule has 0 aliphatic rings. The Bertz CT molecular complexity index is 607. The minimum Gasteiger partial charge on any atom is -0.359 e. The first-order valence-corrected chi connectivity index (χ1v) is 6.78. The number of hydrogen-bond donors (Lipinski definition) is 1. The summed E-state index contributed by atoms with van der Waals surface area (Å²) in [6, 6.07) is 7.41. The molecule has 5 nitrogen and oxygen atoms in total. The monoisotopic (exact) mass is 272 g/mol. The molecule has 5 heteroatoms. The highest BCUT2D eigenvalue weighted by Crippen LogP contribution is 2.12. The molecule has 0 spiro atoms. The number of rotatable bonds is 5. The maximum absolute atomic E-state index is 11.7. The van der Waals surface area contributed by atoms with E-state index in [1.165, 1.54) is 6.07 Å². The number of nitrogens with zero attached hydrogens (tertiary/aromatic N) is 3. The normalized spacial score (nSPS) is 10.8. The van der Waals surface area contributed by atoms with E-state index in [4.69, 9.17) is 0 Å². The minimum atomic E-state index is -0.108. The Kier molecular flexibility index (Phi) is 4.50. The standard InChI is InChI=1S/C15H20N4O/c1-11(2)15-17-13(10-14(20)18-15)19(3)9-7-12-6-4-5-8-16-12/h4-6,8,10-11H,7,9H2,1-3H3,(H,17,18,20). The molecule has 0 saturated carbocycles. The summed E-state index contributed by atoms with van der Waals surface area (Å²) in [6.45, 7) is 4.79. The molecule has 0 fully saturated rings. The highest BCUT2D eigenvalue weighted by molar-refractivity contribution is 5.36. The summed E-state index contributed by atoms with van der Waals surface area (Å²) in [5.74, 6) is 1.62. The Hall–Kier alpha value is -2.17. The van der Waals surface area contributed by atoms with Gasteiger partial charge in [0, 0.05) is 43.9 Å². The van der Waals surface area contributed by atoms with Crippen LogP contribution in [-0.2, 0) is 6.42 Å². The summed E-state index contributed by atoms with van der Waals surface area (Å²) in [6.07, 6.45) is 2.61. The number of pyridine rings is 1. The maximum Gasteiger partial charge on any atom is 0.252 e. The third-order valence-corrected chi connectivity index (χ3v) is 3.11. The van der Waals surface area contributed by atoms with Crippen molar-refractivity contribution in [3.05, 3.63) is 52.3 Å². The number of likely N-dealkylation sites (N-methyl/N-ethyl adjacent to an activating group) is 1. The van der Waals surface area contributed by atoms with E-state index in [0.29, 0.717) is 5.82 Å². The first kappa shape index (κ1) is 14.2. The van der Waals surface area contributed by atoms with Gasteiger partial charge in [-0.2, -0.15) is 0 Å². The van der Waals surface area contributed by atoms with Crippen molar-refractivity contribution in [1.29, 1.82) is 0 Å². The van der Waals surface area contributed by atoms with Crippen LogP contribution < -0.4 is 10.5 Å². The van der Waals surface area contributed by atoms with E-state index >= 15 is 0 Å². The zero-order valence-corrected chi connectivity index (χ0v) is 12.1. The van der Waals surface area contributed by atoms with Crippen LogP contribution in [0.15, 0.2) is 35.3 Å². The van der Waals surface area contributed by atoms with Crippen LogP contribution in [0.5, 0.6) is 0 Å². The molecule has 2 aromatic rings. The van der Waals surface area contributed by atoms with Crippen LogP contribution in [0, 0.1) is 0 Å². The smallest absolute Gasteiger partial charge is 0.252 e. The largest absolute Gasteiger partial charge is 0.359 e. The topological polar surface area (TPSA) is 61.9 Å². The molecular formula is C15H20N4O. The van der Waals surface area contributed by atoms with Crippen molar-refractivity contribution in [3.8, 4) is 0 Å². The number of hydrogen-bond acceptors (Lipinski definition) is 4. The van der Waals surface area contributed by atoms with Crippen molar-refractivity contribution in [2.75, 3.05) is 18.5 Å². The van der Waals surface area contributed by atoms with E-state index in [2.05, 4.69) is 15.0 Å². The van der Waals surface area contributed by atoms with E-state index in [0.717, 1.165) is 24.5 Å². The molecule has 0 saturated heterocycles. The first-order valence-electron chi connectivity index (χ1n) is 6.78. The SMILES string of the molecule is CC(C)c1nc(N(C)CCc2ccccn2)cc(=O)[nH]1. The quantitative estimate of drug-likeness (QED) is 0.904. The molecule has 2 rings (SSSR count). The number of anilines is 1. The predicted octanol–water partition coefficient (Wildman–Crippen LogP) is 1.97. The second-order valence-corrected chi connectivity index (χ2v) is 5.14. The molecule has 2 aromatic heterocycles. The lowest BCUT2D eigenvalue weighted by molar-refractivity contribution is 0.751. The maximum atomic E-state index is 11.7. The van der Waals surface area contributed by atoms with Crippen molar-refractivity contribution in [1.82, 2.24) is 15.0 Å². The summed E-state index contributed by atoms with van der Waals surface area (Å²) in [5, 5.41) is 0. The number of nitrogens with one attached hydrogen (secondary N) is 1. The molecule has 1 N–H and O–H groups in total. The zero-order valence-electron chi connectivity index (χ0n) is 12.1. The van der Waals surface area contributed by atoms with E-state index < -0.39 is 0 Å². The van der Waals surface area contributed by atoms with Gasteiger partial charge in [0.05, 0.1) is 0 Å². The second-order valence-electron chi connectivity index (χ2n) is 5.14. The first-order chi connectivity index (χ1) is 9.56. The Morgan fingerprint density at radius 2 is 2.15 bits per heavy atom. The van der Waals surface area contributed by atoms with Crippen molar-refractivity contribution in [3.63, 3.8) is 0 Å². The third-order valence-electron chi connectivity index (χ3n) is 3.11. The van der Waals surface area contributed by atoms with Crippen LogP contribution in [0.1, 0.15) is 31.3 Å². The van der Waals surface area contributed by atoms with Crippen LogP contribution in [0.4, 0.5) is 5.82 Å². The molecule has 0 radical (unpaired) electrons. The van der Waals surface area contributed by atoms with Gasteiger partial charge in [0.2, 0.25) is 0 Å². The molecule has 0 atom stereocenters. The molecule has 0 amide bonds.